The quantitative estimate of drug-likeness (QED) is 0.559. The third-order valence-corrected chi connectivity index (χ3v) is 4.07. The fraction of sp³-hybridized carbons (Fsp3) is 0.312. The maximum Gasteiger partial charge on any atom is 0.414 e. The number of thiocarbonyl (C=S) groups is 1. The van der Waals surface area contributed by atoms with Gasteiger partial charge in [-0.05, 0) is 19.1 Å². The Hall–Kier alpha value is -3.22. The van der Waals surface area contributed by atoms with Gasteiger partial charge in [0.05, 0.1) is 18.8 Å². The molecule has 0 aliphatic carbocycles. The molecule has 1 aliphatic heterocycles. The molecule has 13 heteroatoms. The topological polar surface area (TPSA) is 110 Å². The van der Waals surface area contributed by atoms with Gasteiger partial charge in [-0.3, -0.25) is 9.69 Å². The van der Waals surface area contributed by atoms with Crippen LogP contribution in [0.2, 0.25) is 0 Å². The smallest absolute Gasteiger partial charge is 0.414 e. The first kappa shape index (κ1) is 20.5. The van der Waals surface area contributed by atoms with Gasteiger partial charge >= 0.3 is 6.09 Å². The summed E-state index contributed by atoms with van der Waals surface area (Å²) in [6.07, 6.45) is -1.81. The van der Waals surface area contributed by atoms with E-state index in [2.05, 4.69) is 25.3 Å². The van der Waals surface area contributed by atoms with E-state index in [0.717, 1.165) is 4.90 Å². The summed E-state index contributed by atoms with van der Waals surface area (Å²) >= 11 is 4.86. The van der Waals surface area contributed by atoms with Gasteiger partial charge in [0.15, 0.2) is 22.6 Å². The maximum absolute atomic E-state index is 14.6. The van der Waals surface area contributed by atoms with Crippen LogP contribution in [0, 0.1) is 24.4 Å². The highest BCUT2D eigenvalue weighted by molar-refractivity contribution is 7.80. The average molecular weight is 429 g/mol. The molecule has 2 heterocycles. The van der Waals surface area contributed by atoms with Gasteiger partial charge < -0.3 is 19.9 Å². The lowest BCUT2D eigenvalue weighted by atomic mass is 10.1. The van der Waals surface area contributed by atoms with Gasteiger partial charge in [-0.25, -0.2) is 18.0 Å². The second kappa shape index (κ2) is 8.03. The minimum Gasteiger partial charge on any atom is -0.442 e. The van der Waals surface area contributed by atoms with E-state index in [1.165, 1.54) is 13.8 Å². The first-order valence-electron chi connectivity index (χ1n) is 8.19. The molecule has 0 radical (unpaired) electrons. The molecule has 1 unspecified atom stereocenters. The standard InChI is InChI=1S/C16H14F3N5O4S/c1-6-21-14(28-23-6)11-9(17)3-10(12(18)13(11)19)24-5-8(27-16(24)26)4-20-15(29)22-7(2)25/h3,8H,4-5H2,1-2H3,(H2,20,22,25,29). The van der Waals surface area contributed by atoms with E-state index in [1.54, 1.807) is 0 Å². The molecular weight excluding hydrogens is 415 g/mol. The van der Waals surface area contributed by atoms with Gasteiger partial charge in [0.2, 0.25) is 5.91 Å². The number of hydrogen-bond acceptors (Lipinski definition) is 7. The van der Waals surface area contributed by atoms with Crippen molar-refractivity contribution in [1.29, 1.82) is 0 Å². The fourth-order valence-electron chi connectivity index (χ4n) is 2.61. The van der Waals surface area contributed by atoms with E-state index in [-0.39, 0.29) is 24.0 Å². The van der Waals surface area contributed by atoms with E-state index in [4.69, 9.17) is 17.0 Å². The second-order valence-electron chi connectivity index (χ2n) is 6.03. The highest BCUT2D eigenvalue weighted by atomic mass is 32.1. The van der Waals surface area contributed by atoms with Crippen molar-refractivity contribution in [2.75, 3.05) is 18.0 Å². The zero-order chi connectivity index (χ0) is 21.3. The molecule has 0 spiro atoms. The van der Waals surface area contributed by atoms with Gasteiger partial charge in [-0.15, -0.1) is 0 Å². The van der Waals surface area contributed by atoms with Crippen molar-refractivity contribution in [3.05, 3.63) is 29.3 Å². The number of benzene rings is 1. The maximum atomic E-state index is 14.6. The lowest BCUT2D eigenvalue weighted by Gasteiger charge is -2.16. The second-order valence-corrected chi connectivity index (χ2v) is 6.44. The number of aromatic nitrogens is 2. The summed E-state index contributed by atoms with van der Waals surface area (Å²) in [6.45, 7) is 2.48. The van der Waals surface area contributed by atoms with Crippen molar-refractivity contribution in [2.45, 2.75) is 20.0 Å². The van der Waals surface area contributed by atoms with Crippen molar-refractivity contribution in [2.24, 2.45) is 0 Å². The monoisotopic (exact) mass is 429 g/mol. The van der Waals surface area contributed by atoms with Crippen LogP contribution in [0.25, 0.3) is 11.5 Å². The molecule has 29 heavy (non-hydrogen) atoms. The molecule has 9 nitrogen and oxygen atoms in total. The molecule has 1 atom stereocenters. The molecule has 1 aliphatic rings. The fourth-order valence-corrected chi connectivity index (χ4v) is 2.84. The lowest BCUT2D eigenvalue weighted by Crippen LogP contribution is -2.42. The van der Waals surface area contributed by atoms with Gasteiger partial charge in [0.1, 0.15) is 17.5 Å². The summed E-state index contributed by atoms with van der Waals surface area (Å²) in [4.78, 5) is 27.4. The number of amides is 2. The molecule has 0 saturated carbocycles. The number of carbonyl (C=O) groups is 2. The van der Waals surface area contributed by atoms with Crippen LogP contribution in [0.5, 0.6) is 0 Å². The van der Waals surface area contributed by atoms with Crippen LogP contribution >= 0.6 is 12.2 Å². The van der Waals surface area contributed by atoms with E-state index in [1.807, 2.05) is 0 Å². The zero-order valence-corrected chi connectivity index (χ0v) is 15.9. The Bertz CT molecular complexity index is 999. The van der Waals surface area contributed by atoms with Crippen LogP contribution in [0.1, 0.15) is 12.7 Å². The summed E-state index contributed by atoms with van der Waals surface area (Å²) in [7, 11) is 0. The summed E-state index contributed by atoms with van der Waals surface area (Å²) in [5, 5.41) is 8.38. The van der Waals surface area contributed by atoms with Crippen LogP contribution in [0.4, 0.5) is 23.7 Å². The summed E-state index contributed by atoms with van der Waals surface area (Å²) < 4.78 is 53.2. The van der Waals surface area contributed by atoms with Gasteiger partial charge in [0.25, 0.3) is 5.89 Å². The molecule has 2 N–H and O–H groups in total. The minimum atomic E-state index is -1.58. The number of ether oxygens (including phenoxy) is 1. The molecule has 2 aromatic rings. The molecule has 1 fully saturated rings. The molecule has 1 aromatic carbocycles. The van der Waals surface area contributed by atoms with E-state index >= 15 is 0 Å². The van der Waals surface area contributed by atoms with Crippen LogP contribution in [0.15, 0.2) is 10.6 Å². The Morgan fingerprint density at radius 1 is 1.38 bits per heavy atom. The van der Waals surface area contributed by atoms with E-state index < -0.39 is 52.7 Å². The van der Waals surface area contributed by atoms with Crippen LogP contribution < -0.4 is 15.5 Å². The summed E-state index contributed by atoms with van der Waals surface area (Å²) in [5.74, 6) is -5.05. The average Bonchev–Trinajstić information content (AvgIpc) is 3.21. The molecule has 1 saturated heterocycles. The Morgan fingerprint density at radius 3 is 2.72 bits per heavy atom. The summed E-state index contributed by atoms with van der Waals surface area (Å²) in [6, 6.07) is 0.645. The Balaban J connectivity index is 1.79. The van der Waals surface area contributed by atoms with Crippen molar-refractivity contribution in [3.63, 3.8) is 0 Å². The number of cyclic esters (lactones) is 1. The zero-order valence-electron chi connectivity index (χ0n) is 15.1. The predicted octanol–water partition coefficient (Wildman–Crippen LogP) is 1.80. The van der Waals surface area contributed by atoms with Crippen molar-refractivity contribution >= 4 is 35.0 Å². The van der Waals surface area contributed by atoms with E-state index in [0.29, 0.717) is 6.07 Å². The van der Waals surface area contributed by atoms with Gasteiger partial charge in [-0.2, -0.15) is 4.98 Å². The largest absolute Gasteiger partial charge is 0.442 e. The van der Waals surface area contributed by atoms with Gasteiger partial charge in [-0.1, -0.05) is 5.16 Å². The number of hydrogen-bond donors (Lipinski definition) is 2. The van der Waals surface area contributed by atoms with E-state index in [9.17, 15) is 22.8 Å². The Morgan fingerprint density at radius 2 is 2.10 bits per heavy atom. The molecular formula is C16H14F3N5O4S. The predicted molar refractivity (Wildman–Crippen MR) is 96.4 cm³/mol. The van der Waals surface area contributed by atoms with Crippen molar-refractivity contribution in [3.8, 4) is 11.5 Å². The van der Waals surface area contributed by atoms with Crippen LogP contribution in [-0.4, -0.2) is 46.4 Å². The number of nitrogens with zero attached hydrogens (tertiary/aromatic N) is 3. The van der Waals surface area contributed by atoms with Gasteiger partial charge in [0, 0.05) is 13.0 Å². The molecule has 154 valence electrons. The molecule has 2 amide bonds. The van der Waals surface area contributed by atoms with Crippen LogP contribution in [-0.2, 0) is 9.53 Å². The molecule has 1 aromatic heterocycles. The number of carbonyl (C=O) groups excluding carboxylic acids is 2. The van der Waals surface area contributed by atoms with Crippen molar-refractivity contribution in [1.82, 2.24) is 20.8 Å². The highest BCUT2D eigenvalue weighted by Gasteiger charge is 2.36. The Labute approximate surface area is 167 Å². The number of nitrogens with one attached hydrogen (secondary N) is 2. The van der Waals surface area contributed by atoms with Crippen LogP contribution in [0.3, 0.4) is 0 Å². The highest BCUT2D eigenvalue weighted by Crippen LogP contribution is 2.34. The minimum absolute atomic E-state index is 0.00666. The third kappa shape index (κ3) is 4.29. The molecule has 3 rings (SSSR count). The number of anilines is 1. The summed E-state index contributed by atoms with van der Waals surface area (Å²) in [5.41, 5.74) is -1.48. The number of halogens is 3. The first-order valence-corrected chi connectivity index (χ1v) is 8.60. The number of aryl methyl sites for hydroxylation is 1. The number of rotatable bonds is 4. The molecule has 0 bridgehead atoms. The first-order chi connectivity index (χ1) is 13.7. The Kier molecular flexibility index (Phi) is 5.68. The SMILES string of the molecule is CC(=O)NC(=S)NCC1CN(c2cc(F)c(-c3nc(C)no3)c(F)c2F)C(=O)O1. The lowest BCUT2D eigenvalue weighted by molar-refractivity contribution is -0.117. The third-order valence-electron chi connectivity index (χ3n) is 3.83. The normalized spacial score (nSPS) is 16.0. The van der Waals surface area contributed by atoms with Crippen molar-refractivity contribution < 1.29 is 32.0 Å².